The Bertz CT molecular complexity index is 1030. The third kappa shape index (κ3) is 3.62. The van der Waals surface area contributed by atoms with E-state index in [4.69, 9.17) is 32.7 Å². The quantitative estimate of drug-likeness (QED) is 0.731. The van der Waals surface area contributed by atoms with Crippen LogP contribution >= 0.6 is 23.2 Å². The number of halogens is 2. The molecule has 2 aromatic carbocycles. The fourth-order valence-corrected chi connectivity index (χ4v) is 2.66. The van der Waals surface area contributed by atoms with Gasteiger partial charge in [0.05, 0.1) is 35.3 Å². The maximum atomic E-state index is 12.2. The van der Waals surface area contributed by atoms with Gasteiger partial charge in [-0.25, -0.2) is 4.98 Å². The van der Waals surface area contributed by atoms with E-state index in [9.17, 15) is 4.79 Å². The van der Waals surface area contributed by atoms with Crippen LogP contribution in [0.15, 0.2) is 35.1 Å². The van der Waals surface area contributed by atoms with E-state index in [-0.39, 0.29) is 11.3 Å². The van der Waals surface area contributed by atoms with Crippen LogP contribution in [0.3, 0.4) is 0 Å². The number of aromatic nitrogens is 2. The van der Waals surface area contributed by atoms with Crippen molar-refractivity contribution in [2.75, 3.05) is 14.2 Å². The summed E-state index contributed by atoms with van der Waals surface area (Å²) < 4.78 is 10.5. The van der Waals surface area contributed by atoms with Crippen LogP contribution in [-0.4, -0.2) is 24.2 Å². The van der Waals surface area contributed by atoms with E-state index in [1.807, 2.05) is 6.07 Å². The van der Waals surface area contributed by atoms with Crippen molar-refractivity contribution in [3.05, 3.63) is 62.0 Å². The van der Waals surface area contributed by atoms with Crippen LogP contribution < -0.4 is 15.0 Å². The zero-order valence-corrected chi connectivity index (χ0v) is 15.0. The smallest absolute Gasteiger partial charge is 0.274 e. The monoisotopic (exact) mass is 376 g/mol. The molecule has 1 aromatic heterocycles. The summed E-state index contributed by atoms with van der Waals surface area (Å²) in [7, 11) is 3.14. The van der Waals surface area contributed by atoms with Crippen molar-refractivity contribution in [3.63, 3.8) is 0 Å². The van der Waals surface area contributed by atoms with E-state index in [0.29, 0.717) is 32.6 Å². The van der Waals surface area contributed by atoms with Crippen LogP contribution in [0.1, 0.15) is 11.3 Å². The molecule has 0 aliphatic rings. The number of fused-ring (bicyclic) bond motifs is 1. The Morgan fingerprint density at radius 3 is 2.44 bits per heavy atom. The predicted molar refractivity (Wildman–Crippen MR) is 101 cm³/mol. The van der Waals surface area contributed by atoms with Crippen LogP contribution in [-0.2, 0) is 0 Å². The SMILES string of the molecule is COc1ccc(C=Cc2nc3cc(Cl)c(Cl)cc3[nH]c2=O)cc1OC. The predicted octanol–water partition coefficient (Wildman–Crippen LogP) is 4.42. The fourth-order valence-electron chi connectivity index (χ4n) is 2.34. The highest BCUT2D eigenvalue weighted by atomic mass is 35.5. The molecule has 0 saturated heterocycles. The second-order valence-corrected chi connectivity index (χ2v) is 6.00. The number of aromatic amines is 1. The van der Waals surface area contributed by atoms with Crippen LogP contribution in [0.2, 0.25) is 10.0 Å². The number of nitrogens with zero attached hydrogens (tertiary/aromatic N) is 1. The number of H-pyrrole nitrogens is 1. The largest absolute Gasteiger partial charge is 0.493 e. The molecule has 3 aromatic rings. The Kier molecular flexibility index (Phi) is 4.97. The summed E-state index contributed by atoms with van der Waals surface area (Å²) in [5.41, 5.74) is 1.88. The van der Waals surface area contributed by atoms with Crippen molar-refractivity contribution in [1.82, 2.24) is 9.97 Å². The number of nitrogens with one attached hydrogen (secondary N) is 1. The van der Waals surface area contributed by atoms with Gasteiger partial charge in [-0.3, -0.25) is 4.79 Å². The molecule has 1 N–H and O–H groups in total. The molecule has 0 unspecified atom stereocenters. The number of ether oxygens (including phenoxy) is 2. The van der Waals surface area contributed by atoms with Crippen molar-refractivity contribution in [2.24, 2.45) is 0 Å². The molecular formula is C18H14Cl2N2O3. The van der Waals surface area contributed by atoms with Gasteiger partial charge in [0.15, 0.2) is 11.5 Å². The first-order valence-corrected chi connectivity index (χ1v) is 8.06. The first kappa shape index (κ1) is 17.3. The van der Waals surface area contributed by atoms with Gasteiger partial charge in [-0.05, 0) is 35.9 Å². The first-order chi connectivity index (χ1) is 12.0. The van der Waals surface area contributed by atoms with Gasteiger partial charge < -0.3 is 14.5 Å². The molecule has 0 aliphatic heterocycles. The molecule has 0 amide bonds. The second kappa shape index (κ2) is 7.17. The van der Waals surface area contributed by atoms with Crippen molar-refractivity contribution in [2.45, 2.75) is 0 Å². The van der Waals surface area contributed by atoms with E-state index in [0.717, 1.165) is 5.56 Å². The molecule has 0 fully saturated rings. The van der Waals surface area contributed by atoms with E-state index < -0.39 is 0 Å². The summed E-state index contributed by atoms with van der Waals surface area (Å²) in [6.07, 6.45) is 3.39. The minimum Gasteiger partial charge on any atom is -0.493 e. The van der Waals surface area contributed by atoms with E-state index in [2.05, 4.69) is 9.97 Å². The lowest BCUT2D eigenvalue weighted by atomic mass is 10.1. The average Bonchev–Trinajstić information content (AvgIpc) is 2.61. The van der Waals surface area contributed by atoms with Crippen LogP contribution in [0, 0.1) is 0 Å². The molecule has 3 rings (SSSR count). The fraction of sp³-hybridized carbons (Fsp3) is 0.111. The molecular weight excluding hydrogens is 363 g/mol. The Labute approximate surface area is 153 Å². The minimum atomic E-state index is -0.317. The lowest BCUT2D eigenvalue weighted by Gasteiger charge is -2.07. The van der Waals surface area contributed by atoms with E-state index >= 15 is 0 Å². The number of hydrogen-bond donors (Lipinski definition) is 1. The summed E-state index contributed by atoms with van der Waals surface area (Å²) in [6.45, 7) is 0. The summed E-state index contributed by atoms with van der Waals surface area (Å²) >= 11 is 12.0. The van der Waals surface area contributed by atoms with Gasteiger partial charge in [-0.1, -0.05) is 35.3 Å². The highest BCUT2D eigenvalue weighted by molar-refractivity contribution is 6.42. The molecule has 128 valence electrons. The third-order valence-corrected chi connectivity index (χ3v) is 4.32. The molecule has 0 aliphatic carbocycles. The zero-order chi connectivity index (χ0) is 18.0. The third-order valence-electron chi connectivity index (χ3n) is 3.60. The Morgan fingerprint density at radius 1 is 1.00 bits per heavy atom. The van der Waals surface area contributed by atoms with Crippen molar-refractivity contribution >= 4 is 46.4 Å². The lowest BCUT2D eigenvalue weighted by molar-refractivity contribution is 0.355. The van der Waals surface area contributed by atoms with E-state index in [1.54, 1.807) is 50.6 Å². The number of hydrogen-bond acceptors (Lipinski definition) is 4. The maximum absolute atomic E-state index is 12.2. The Hall–Kier alpha value is -2.50. The number of benzene rings is 2. The molecule has 1 heterocycles. The van der Waals surface area contributed by atoms with Crippen molar-refractivity contribution < 1.29 is 9.47 Å². The maximum Gasteiger partial charge on any atom is 0.274 e. The molecule has 0 spiro atoms. The molecule has 5 nitrogen and oxygen atoms in total. The molecule has 25 heavy (non-hydrogen) atoms. The van der Waals surface area contributed by atoms with Crippen LogP contribution in [0.25, 0.3) is 23.2 Å². The van der Waals surface area contributed by atoms with Crippen molar-refractivity contribution in [1.29, 1.82) is 0 Å². The Balaban J connectivity index is 2.00. The van der Waals surface area contributed by atoms with Gasteiger partial charge in [0.25, 0.3) is 5.56 Å². The van der Waals surface area contributed by atoms with Crippen LogP contribution in [0.4, 0.5) is 0 Å². The highest BCUT2D eigenvalue weighted by Gasteiger charge is 2.07. The second-order valence-electron chi connectivity index (χ2n) is 5.18. The summed E-state index contributed by atoms with van der Waals surface area (Å²) in [5.74, 6) is 1.24. The van der Waals surface area contributed by atoms with Gasteiger partial charge >= 0.3 is 0 Å². The normalized spacial score (nSPS) is 11.2. The van der Waals surface area contributed by atoms with Gasteiger partial charge in [-0.2, -0.15) is 0 Å². The van der Waals surface area contributed by atoms with Crippen LogP contribution in [0.5, 0.6) is 11.5 Å². The average molecular weight is 377 g/mol. The minimum absolute atomic E-state index is 0.265. The molecule has 0 atom stereocenters. The molecule has 7 heteroatoms. The zero-order valence-electron chi connectivity index (χ0n) is 13.5. The topological polar surface area (TPSA) is 64.2 Å². The van der Waals surface area contributed by atoms with Gasteiger partial charge in [0.2, 0.25) is 0 Å². The lowest BCUT2D eigenvalue weighted by Crippen LogP contribution is -2.11. The summed E-state index contributed by atoms with van der Waals surface area (Å²) in [6, 6.07) is 8.64. The number of methoxy groups -OCH3 is 2. The van der Waals surface area contributed by atoms with Gasteiger partial charge in [0.1, 0.15) is 5.69 Å². The van der Waals surface area contributed by atoms with Gasteiger partial charge in [0, 0.05) is 0 Å². The summed E-state index contributed by atoms with van der Waals surface area (Å²) in [4.78, 5) is 19.3. The summed E-state index contributed by atoms with van der Waals surface area (Å²) in [5, 5.41) is 0.740. The van der Waals surface area contributed by atoms with Crippen molar-refractivity contribution in [3.8, 4) is 11.5 Å². The van der Waals surface area contributed by atoms with Gasteiger partial charge in [-0.15, -0.1) is 0 Å². The molecule has 0 bridgehead atoms. The first-order valence-electron chi connectivity index (χ1n) is 7.31. The molecule has 0 radical (unpaired) electrons. The number of rotatable bonds is 4. The van der Waals surface area contributed by atoms with E-state index in [1.165, 1.54) is 0 Å². The highest BCUT2D eigenvalue weighted by Crippen LogP contribution is 2.28. The standard InChI is InChI=1S/C18H14Cl2N2O3/c1-24-16-6-4-10(7-17(16)25-2)3-5-13-18(23)22-15-9-12(20)11(19)8-14(15)21-13/h3-9H,1-2H3,(H,22,23). The molecule has 0 saturated carbocycles. The Morgan fingerprint density at radius 2 is 1.72 bits per heavy atom.